The molecule has 6 nitrogen and oxygen atoms in total. The van der Waals surface area contributed by atoms with Crippen molar-refractivity contribution in [3.63, 3.8) is 0 Å². The zero-order valence-corrected chi connectivity index (χ0v) is 11.2. The number of aromatic hydroxyl groups is 1. The Kier molecular flexibility index (Phi) is 2.93. The molecule has 0 bridgehead atoms. The van der Waals surface area contributed by atoms with Gasteiger partial charge in [-0.2, -0.15) is 0 Å². The summed E-state index contributed by atoms with van der Waals surface area (Å²) >= 11 is 0. The van der Waals surface area contributed by atoms with Gasteiger partial charge in [-0.1, -0.05) is 5.21 Å². The van der Waals surface area contributed by atoms with Crippen LogP contribution in [0.3, 0.4) is 0 Å². The number of phenols is 1. The Hall–Kier alpha value is -1.63. The Bertz CT molecular complexity index is 708. The monoisotopic (exact) mass is 281 g/mol. The first kappa shape index (κ1) is 12.4. The summed E-state index contributed by atoms with van der Waals surface area (Å²) in [5, 5.41) is 17.4. The quantitative estimate of drug-likeness (QED) is 0.886. The standard InChI is InChI=1S/C12H15N3O3S/c16-10-3-4-12-11(6-10)13-14-15(12)7-9-2-1-5-19(17,18)8-9/h3-4,6,9,16H,1-2,5,7-8H2. The lowest BCUT2D eigenvalue weighted by molar-refractivity contribution is 0.407. The zero-order valence-electron chi connectivity index (χ0n) is 10.4. The molecule has 1 aliphatic heterocycles. The summed E-state index contributed by atoms with van der Waals surface area (Å²) < 4.78 is 25.0. The van der Waals surface area contributed by atoms with Gasteiger partial charge in [0, 0.05) is 12.6 Å². The van der Waals surface area contributed by atoms with Gasteiger partial charge in [0.15, 0.2) is 9.84 Å². The van der Waals surface area contributed by atoms with Crippen molar-refractivity contribution in [3.8, 4) is 5.75 Å². The molecule has 1 aromatic heterocycles. The fraction of sp³-hybridized carbons (Fsp3) is 0.500. The molecule has 2 heterocycles. The number of fused-ring (bicyclic) bond motifs is 1. The Balaban J connectivity index is 1.85. The summed E-state index contributed by atoms with van der Waals surface area (Å²) in [6, 6.07) is 4.89. The molecule has 1 fully saturated rings. The predicted molar refractivity (Wildman–Crippen MR) is 70.6 cm³/mol. The summed E-state index contributed by atoms with van der Waals surface area (Å²) in [5.74, 6) is 0.777. The molecule has 3 rings (SSSR count). The van der Waals surface area contributed by atoms with E-state index in [-0.39, 0.29) is 17.4 Å². The summed E-state index contributed by atoms with van der Waals surface area (Å²) in [4.78, 5) is 0. The van der Waals surface area contributed by atoms with E-state index in [4.69, 9.17) is 0 Å². The van der Waals surface area contributed by atoms with Crippen molar-refractivity contribution in [1.82, 2.24) is 15.0 Å². The average molecular weight is 281 g/mol. The highest BCUT2D eigenvalue weighted by Gasteiger charge is 2.25. The summed E-state index contributed by atoms with van der Waals surface area (Å²) in [6.45, 7) is 0.556. The molecule has 1 aliphatic rings. The molecular formula is C12H15N3O3S. The zero-order chi connectivity index (χ0) is 13.5. The van der Waals surface area contributed by atoms with Gasteiger partial charge in [0.2, 0.25) is 0 Å². The fourth-order valence-electron chi connectivity index (χ4n) is 2.60. The Morgan fingerprint density at radius 2 is 2.26 bits per heavy atom. The van der Waals surface area contributed by atoms with Gasteiger partial charge in [-0.05, 0) is 30.9 Å². The molecule has 0 amide bonds. The lowest BCUT2D eigenvalue weighted by Crippen LogP contribution is -2.28. The number of hydrogen-bond donors (Lipinski definition) is 1. The summed E-state index contributed by atoms with van der Waals surface area (Å²) in [6.07, 6.45) is 1.62. The topological polar surface area (TPSA) is 85.1 Å². The molecule has 1 atom stereocenters. The minimum Gasteiger partial charge on any atom is -0.508 e. The van der Waals surface area contributed by atoms with Crippen molar-refractivity contribution in [2.45, 2.75) is 19.4 Å². The second-order valence-electron chi connectivity index (χ2n) is 5.07. The van der Waals surface area contributed by atoms with E-state index in [1.54, 1.807) is 22.9 Å². The lowest BCUT2D eigenvalue weighted by Gasteiger charge is -2.21. The largest absolute Gasteiger partial charge is 0.508 e. The van der Waals surface area contributed by atoms with E-state index in [0.29, 0.717) is 17.8 Å². The maximum absolute atomic E-state index is 11.6. The molecule has 1 unspecified atom stereocenters. The van der Waals surface area contributed by atoms with Gasteiger partial charge in [0.25, 0.3) is 0 Å². The maximum Gasteiger partial charge on any atom is 0.150 e. The number of aromatic nitrogens is 3. The first-order valence-corrected chi connectivity index (χ1v) is 8.08. The van der Waals surface area contributed by atoms with Crippen LogP contribution in [0, 0.1) is 5.92 Å². The van der Waals surface area contributed by atoms with Crippen molar-refractivity contribution >= 4 is 20.9 Å². The number of benzene rings is 1. The Morgan fingerprint density at radius 3 is 3.05 bits per heavy atom. The minimum absolute atomic E-state index is 0.0949. The molecule has 7 heteroatoms. The van der Waals surface area contributed by atoms with E-state index in [9.17, 15) is 13.5 Å². The van der Waals surface area contributed by atoms with Crippen LogP contribution in [-0.4, -0.2) is 40.0 Å². The molecule has 1 saturated heterocycles. The minimum atomic E-state index is -2.90. The van der Waals surface area contributed by atoms with Crippen LogP contribution in [0.15, 0.2) is 18.2 Å². The van der Waals surface area contributed by atoms with Crippen LogP contribution in [0.2, 0.25) is 0 Å². The normalized spacial score (nSPS) is 22.6. The van der Waals surface area contributed by atoms with Crippen molar-refractivity contribution in [1.29, 1.82) is 0 Å². The Morgan fingerprint density at radius 1 is 1.42 bits per heavy atom. The van der Waals surface area contributed by atoms with Crippen molar-refractivity contribution in [2.24, 2.45) is 5.92 Å². The van der Waals surface area contributed by atoms with E-state index < -0.39 is 9.84 Å². The molecule has 0 radical (unpaired) electrons. The van der Waals surface area contributed by atoms with Crippen LogP contribution in [-0.2, 0) is 16.4 Å². The third kappa shape index (κ3) is 2.56. The number of phenolic OH excluding ortho intramolecular Hbond substituents is 1. The van der Waals surface area contributed by atoms with Crippen LogP contribution >= 0.6 is 0 Å². The van der Waals surface area contributed by atoms with Gasteiger partial charge in [0.1, 0.15) is 11.3 Å². The molecule has 0 saturated carbocycles. The van der Waals surface area contributed by atoms with E-state index in [1.165, 1.54) is 0 Å². The molecule has 1 N–H and O–H groups in total. The van der Waals surface area contributed by atoms with Gasteiger partial charge in [0.05, 0.1) is 17.0 Å². The molecule has 102 valence electrons. The molecule has 0 spiro atoms. The summed E-state index contributed by atoms with van der Waals surface area (Å²) in [5.41, 5.74) is 1.44. The average Bonchev–Trinajstić information content (AvgIpc) is 2.70. The SMILES string of the molecule is O=S1(=O)CCCC(Cn2nnc3cc(O)ccc32)C1. The number of sulfone groups is 1. The first-order valence-electron chi connectivity index (χ1n) is 6.26. The van der Waals surface area contributed by atoms with Gasteiger partial charge in [-0.25, -0.2) is 13.1 Å². The van der Waals surface area contributed by atoms with E-state index in [2.05, 4.69) is 10.3 Å². The maximum atomic E-state index is 11.6. The van der Waals surface area contributed by atoms with E-state index >= 15 is 0 Å². The lowest BCUT2D eigenvalue weighted by atomic mass is 10.1. The summed E-state index contributed by atoms with van der Waals surface area (Å²) in [7, 11) is -2.90. The molecular weight excluding hydrogens is 266 g/mol. The molecule has 1 aromatic carbocycles. The number of nitrogens with zero attached hydrogens (tertiary/aromatic N) is 3. The molecule has 2 aromatic rings. The molecule has 19 heavy (non-hydrogen) atoms. The fourth-order valence-corrected chi connectivity index (χ4v) is 4.37. The van der Waals surface area contributed by atoms with Gasteiger partial charge >= 0.3 is 0 Å². The second-order valence-corrected chi connectivity index (χ2v) is 7.30. The highest BCUT2D eigenvalue weighted by Crippen LogP contribution is 2.22. The van der Waals surface area contributed by atoms with Gasteiger partial charge < -0.3 is 5.11 Å². The Labute approximate surface area is 111 Å². The smallest absolute Gasteiger partial charge is 0.150 e. The predicted octanol–water partition coefficient (Wildman–Crippen LogP) is 0.962. The second kappa shape index (κ2) is 4.48. The van der Waals surface area contributed by atoms with Crippen molar-refractivity contribution < 1.29 is 13.5 Å². The highest BCUT2D eigenvalue weighted by atomic mass is 32.2. The van der Waals surface area contributed by atoms with Crippen molar-refractivity contribution in [2.75, 3.05) is 11.5 Å². The van der Waals surface area contributed by atoms with Crippen molar-refractivity contribution in [3.05, 3.63) is 18.2 Å². The van der Waals surface area contributed by atoms with E-state index in [0.717, 1.165) is 18.4 Å². The van der Waals surface area contributed by atoms with Crippen LogP contribution in [0.25, 0.3) is 11.0 Å². The van der Waals surface area contributed by atoms with E-state index in [1.807, 2.05) is 0 Å². The number of rotatable bonds is 2. The first-order chi connectivity index (χ1) is 9.03. The van der Waals surface area contributed by atoms with Crippen LogP contribution in [0.1, 0.15) is 12.8 Å². The number of hydrogen-bond acceptors (Lipinski definition) is 5. The van der Waals surface area contributed by atoms with Crippen LogP contribution in [0.5, 0.6) is 5.75 Å². The van der Waals surface area contributed by atoms with Gasteiger partial charge in [-0.15, -0.1) is 5.10 Å². The van der Waals surface area contributed by atoms with Crippen LogP contribution < -0.4 is 0 Å². The third-order valence-electron chi connectivity index (χ3n) is 3.49. The van der Waals surface area contributed by atoms with Gasteiger partial charge in [-0.3, -0.25) is 0 Å². The van der Waals surface area contributed by atoms with Crippen LogP contribution in [0.4, 0.5) is 0 Å². The third-order valence-corrected chi connectivity index (χ3v) is 5.38. The highest BCUT2D eigenvalue weighted by molar-refractivity contribution is 7.91. The molecule has 0 aliphatic carbocycles.